The zero-order valence-electron chi connectivity index (χ0n) is 19.8. The average Bonchev–Trinajstić information content (AvgIpc) is 2.76. The zero-order valence-corrected chi connectivity index (χ0v) is 19.8. The van der Waals surface area contributed by atoms with E-state index < -0.39 is 35.0 Å². The predicted molar refractivity (Wildman–Crippen MR) is 125 cm³/mol. The number of carbonyl (C=O) groups is 1. The molecule has 0 radical (unpaired) electrons. The minimum Gasteiger partial charge on any atom is -0.487 e. The molecule has 3 nitrogen and oxygen atoms in total. The predicted octanol–water partition coefficient (Wildman–Crippen LogP) is 7.46. The summed E-state index contributed by atoms with van der Waals surface area (Å²) < 4.78 is 59.1. The van der Waals surface area contributed by atoms with Gasteiger partial charge in [0.1, 0.15) is 17.2 Å². The van der Waals surface area contributed by atoms with Gasteiger partial charge in [0.2, 0.25) is 0 Å². The highest BCUT2D eigenvalue weighted by molar-refractivity contribution is 6.14. The molecule has 0 aromatic heterocycles. The van der Waals surface area contributed by atoms with Crippen LogP contribution in [0.4, 0.5) is 17.6 Å². The Morgan fingerprint density at radius 1 is 1.06 bits per heavy atom. The molecule has 4 rings (SSSR count). The maximum Gasteiger partial charge on any atom is 0.416 e. The molecule has 1 atom stereocenters. The number of halogens is 4. The van der Waals surface area contributed by atoms with Crippen LogP contribution in [-0.4, -0.2) is 16.5 Å². The minimum atomic E-state index is -4.52. The lowest BCUT2D eigenvalue weighted by Gasteiger charge is -2.38. The van der Waals surface area contributed by atoms with Crippen LogP contribution in [-0.2, 0) is 6.18 Å². The summed E-state index contributed by atoms with van der Waals surface area (Å²) in [5.74, 6) is -0.669. The number of ketones is 1. The van der Waals surface area contributed by atoms with Crippen molar-refractivity contribution in [3.63, 3.8) is 0 Å². The molecular weight excluding hydrogens is 460 g/mol. The van der Waals surface area contributed by atoms with Crippen molar-refractivity contribution >= 4 is 5.78 Å². The van der Waals surface area contributed by atoms with Gasteiger partial charge < -0.3 is 9.84 Å². The van der Waals surface area contributed by atoms with Crippen LogP contribution in [0.25, 0.3) is 11.1 Å². The van der Waals surface area contributed by atoms with E-state index in [1.54, 1.807) is 6.07 Å². The Bertz CT molecular complexity index is 1260. The van der Waals surface area contributed by atoms with Crippen LogP contribution in [0.1, 0.15) is 78.7 Å². The van der Waals surface area contributed by atoms with Gasteiger partial charge >= 0.3 is 6.18 Å². The first-order valence-electron chi connectivity index (χ1n) is 11.3. The molecule has 0 aliphatic carbocycles. The Kier molecular flexibility index (Phi) is 6.26. The second-order valence-corrected chi connectivity index (χ2v) is 9.78. The number of alkyl halides is 3. The number of benzene rings is 3. The van der Waals surface area contributed by atoms with Gasteiger partial charge in [-0.1, -0.05) is 38.1 Å². The largest absolute Gasteiger partial charge is 0.487 e. The maximum atomic E-state index is 13.8. The summed E-state index contributed by atoms with van der Waals surface area (Å²) >= 11 is 0. The molecule has 0 bridgehead atoms. The van der Waals surface area contributed by atoms with Gasteiger partial charge in [-0.3, -0.25) is 4.79 Å². The molecule has 35 heavy (non-hydrogen) atoms. The van der Waals surface area contributed by atoms with E-state index in [1.807, 2.05) is 27.7 Å². The van der Waals surface area contributed by atoms with E-state index in [1.165, 1.54) is 24.3 Å². The molecular formula is C28H26F4O3. The molecule has 184 valence electrons. The summed E-state index contributed by atoms with van der Waals surface area (Å²) in [6.07, 6.45) is -5.22. The van der Waals surface area contributed by atoms with Crippen LogP contribution in [0.2, 0.25) is 0 Å². The SMILES string of the molecule is CC(C)c1cc2c(c(-c3ccc(F)cc3)c1C(=O)c1ccc(C(F)(F)F)cc1)[C@@H](O)CC(C)(C)O2. The summed E-state index contributed by atoms with van der Waals surface area (Å²) in [4.78, 5) is 13.8. The highest BCUT2D eigenvalue weighted by Gasteiger charge is 2.38. The maximum absolute atomic E-state index is 13.8. The molecule has 0 unspecified atom stereocenters. The number of fused-ring (bicyclic) bond motifs is 1. The van der Waals surface area contributed by atoms with Crippen LogP contribution in [0.3, 0.4) is 0 Å². The van der Waals surface area contributed by atoms with Gasteiger partial charge in [-0.05, 0) is 61.2 Å². The Hall–Kier alpha value is -3.19. The van der Waals surface area contributed by atoms with Crippen molar-refractivity contribution in [2.45, 2.75) is 57.9 Å². The molecule has 1 heterocycles. The van der Waals surface area contributed by atoms with E-state index in [0.717, 1.165) is 24.3 Å². The highest BCUT2D eigenvalue weighted by atomic mass is 19.4. The van der Waals surface area contributed by atoms with Gasteiger partial charge in [0, 0.05) is 28.7 Å². The average molecular weight is 487 g/mol. The van der Waals surface area contributed by atoms with Crippen molar-refractivity contribution in [2.24, 2.45) is 0 Å². The fourth-order valence-corrected chi connectivity index (χ4v) is 4.59. The first-order chi connectivity index (χ1) is 16.3. The van der Waals surface area contributed by atoms with Gasteiger partial charge in [-0.15, -0.1) is 0 Å². The summed E-state index contributed by atoms with van der Waals surface area (Å²) in [6, 6.07) is 11.3. The van der Waals surface area contributed by atoms with Crippen molar-refractivity contribution in [2.75, 3.05) is 0 Å². The third-order valence-corrected chi connectivity index (χ3v) is 6.22. The summed E-state index contributed by atoms with van der Waals surface area (Å²) in [6.45, 7) is 7.49. The van der Waals surface area contributed by atoms with Gasteiger partial charge in [0.05, 0.1) is 11.7 Å². The third kappa shape index (κ3) is 4.82. The smallest absolute Gasteiger partial charge is 0.416 e. The minimum absolute atomic E-state index is 0.0785. The molecule has 0 amide bonds. The highest BCUT2D eigenvalue weighted by Crippen LogP contribution is 2.48. The molecule has 1 aliphatic rings. The van der Waals surface area contributed by atoms with Gasteiger partial charge in [0.25, 0.3) is 0 Å². The Balaban J connectivity index is 2.01. The fraction of sp³-hybridized carbons (Fsp3) is 0.321. The molecule has 3 aromatic rings. The van der Waals surface area contributed by atoms with Crippen molar-refractivity contribution in [1.82, 2.24) is 0 Å². The number of aliphatic hydroxyl groups excluding tert-OH is 1. The molecule has 7 heteroatoms. The second-order valence-electron chi connectivity index (χ2n) is 9.78. The van der Waals surface area contributed by atoms with E-state index >= 15 is 0 Å². The van der Waals surface area contributed by atoms with Gasteiger partial charge in [-0.25, -0.2) is 4.39 Å². The topological polar surface area (TPSA) is 46.5 Å². The second kappa shape index (κ2) is 8.79. The van der Waals surface area contributed by atoms with Gasteiger partial charge in [-0.2, -0.15) is 13.2 Å². The first-order valence-corrected chi connectivity index (χ1v) is 11.3. The number of rotatable bonds is 4. The van der Waals surface area contributed by atoms with E-state index in [4.69, 9.17) is 4.74 Å². The molecule has 0 spiro atoms. The van der Waals surface area contributed by atoms with E-state index in [0.29, 0.717) is 28.0 Å². The Morgan fingerprint density at radius 2 is 1.66 bits per heavy atom. The quantitative estimate of drug-likeness (QED) is 0.308. The number of hydrogen-bond donors (Lipinski definition) is 1. The number of aliphatic hydroxyl groups is 1. The number of hydrogen-bond acceptors (Lipinski definition) is 3. The molecule has 0 fully saturated rings. The van der Waals surface area contributed by atoms with Crippen molar-refractivity contribution < 1.29 is 32.2 Å². The zero-order chi connectivity index (χ0) is 25.7. The van der Waals surface area contributed by atoms with E-state index in [9.17, 15) is 27.5 Å². The van der Waals surface area contributed by atoms with Crippen LogP contribution in [0.15, 0.2) is 54.6 Å². The normalized spacial score (nSPS) is 17.1. The number of ether oxygens (including phenoxy) is 1. The Morgan fingerprint density at radius 3 is 2.20 bits per heavy atom. The van der Waals surface area contributed by atoms with Crippen LogP contribution in [0, 0.1) is 5.82 Å². The molecule has 1 aliphatic heterocycles. The Labute approximate surface area is 201 Å². The van der Waals surface area contributed by atoms with Crippen LogP contribution >= 0.6 is 0 Å². The lowest BCUT2D eigenvalue weighted by Crippen LogP contribution is -2.35. The monoisotopic (exact) mass is 486 g/mol. The van der Waals surface area contributed by atoms with E-state index in [2.05, 4.69) is 0 Å². The molecule has 3 aromatic carbocycles. The van der Waals surface area contributed by atoms with Crippen molar-refractivity contribution in [3.05, 3.63) is 88.2 Å². The van der Waals surface area contributed by atoms with E-state index in [-0.39, 0.29) is 23.5 Å². The summed E-state index contributed by atoms with van der Waals surface area (Å²) in [5, 5.41) is 11.1. The lowest BCUT2D eigenvalue weighted by atomic mass is 9.79. The molecule has 0 saturated carbocycles. The fourth-order valence-electron chi connectivity index (χ4n) is 4.59. The van der Waals surface area contributed by atoms with Gasteiger partial charge in [0.15, 0.2) is 5.78 Å². The van der Waals surface area contributed by atoms with Crippen molar-refractivity contribution in [3.8, 4) is 16.9 Å². The lowest BCUT2D eigenvalue weighted by molar-refractivity contribution is -0.137. The molecule has 0 saturated heterocycles. The summed E-state index contributed by atoms with van der Waals surface area (Å²) in [7, 11) is 0. The summed E-state index contributed by atoms with van der Waals surface area (Å²) in [5.41, 5.74) is 0.769. The van der Waals surface area contributed by atoms with Crippen LogP contribution < -0.4 is 4.74 Å². The number of carbonyl (C=O) groups excluding carboxylic acids is 1. The first kappa shape index (κ1) is 24.9. The standard InChI is InChI=1S/C28H26F4O3/c1-15(2)20-13-22-25(21(33)14-27(3,4)35-22)23(16-7-11-19(29)12-8-16)24(20)26(34)17-5-9-18(10-6-17)28(30,31)32/h5-13,15,21,33H,14H2,1-4H3/t21-/m0/s1. The molecule has 1 N–H and O–H groups in total. The van der Waals surface area contributed by atoms with Crippen LogP contribution in [0.5, 0.6) is 5.75 Å². The van der Waals surface area contributed by atoms with Crippen molar-refractivity contribution in [1.29, 1.82) is 0 Å². The third-order valence-electron chi connectivity index (χ3n) is 6.22.